The molecule has 0 atom stereocenters. The highest BCUT2D eigenvalue weighted by molar-refractivity contribution is 4.83. The van der Waals surface area contributed by atoms with Crippen LogP contribution in [0.1, 0.15) is 32.6 Å². The second kappa shape index (κ2) is 7.20. The third-order valence-corrected chi connectivity index (χ3v) is 3.10. The molecule has 90 valence electrons. The summed E-state index contributed by atoms with van der Waals surface area (Å²) >= 11 is 0. The summed E-state index contributed by atoms with van der Waals surface area (Å²) < 4.78 is 5.53. The van der Waals surface area contributed by atoms with E-state index < -0.39 is 0 Å². The predicted molar refractivity (Wildman–Crippen MR) is 63.9 cm³/mol. The Bertz CT molecular complexity index is 158. The molecule has 0 unspecified atom stereocenters. The summed E-state index contributed by atoms with van der Waals surface area (Å²) in [4.78, 5) is 2.36. The van der Waals surface area contributed by atoms with Crippen LogP contribution in [0.3, 0.4) is 0 Å². The summed E-state index contributed by atoms with van der Waals surface area (Å²) in [5.41, 5.74) is 5.76. The van der Waals surface area contributed by atoms with Crippen LogP contribution < -0.4 is 5.73 Å². The molecule has 1 rings (SSSR count). The molecule has 1 aliphatic carbocycles. The van der Waals surface area contributed by atoms with E-state index in [2.05, 4.69) is 18.9 Å². The Morgan fingerprint density at radius 1 is 1.33 bits per heavy atom. The first-order valence-corrected chi connectivity index (χ1v) is 6.24. The summed E-state index contributed by atoms with van der Waals surface area (Å²) in [6.45, 7) is 6.21. The van der Waals surface area contributed by atoms with E-state index in [4.69, 9.17) is 10.5 Å². The number of hydrogen-bond acceptors (Lipinski definition) is 3. The Labute approximate surface area is 94.0 Å². The summed E-state index contributed by atoms with van der Waals surface area (Å²) in [6, 6.07) is 0.476. The van der Waals surface area contributed by atoms with E-state index in [0.29, 0.717) is 6.04 Å². The van der Waals surface area contributed by atoms with Crippen LogP contribution in [0.5, 0.6) is 0 Å². The molecular formula is C12H26N2O. The van der Waals surface area contributed by atoms with E-state index in [1.54, 1.807) is 0 Å². The Kier molecular flexibility index (Phi) is 6.22. The van der Waals surface area contributed by atoms with Crippen LogP contribution >= 0.6 is 0 Å². The largest absolute Gasteiger partial charge is 0.380 e. The van der Waals surface area contributed by atoms with Crippen molar-refractivity contribution >= 4 is 0 Å². The van der Waals surface area contributed by atoms with Crippen molar-refractivity contribution in [2.75, 3.05) is 33.4 Å². The van der Waals surface area contributed by atoms with Gasteiger partial charge in [0.05, 0.1) is 6.61 Å². The molecule has 1 fully saturated rings. The van der Waals surface area contributed by atoms with Crippen molar-refractivity contribution in [3.8, 4) is 0 Å². The lowest BCUT2D eigenvalue weighted by Crippen LogP contribution is -2.42. The molecule has 0 aromatic heterocycles. The summed E-state index contributed by atoms with van der Waals surface area (Å²) in [5.74, 6) is 0.834. The van der Waals surface area contributed by atoms with Gasteiger partial charge in [0.25, 0.3) is 0 Å². The Hall–Kier alpha value is -0.120. The van der Waals surface area contributed by atoms with Crippen LogP contribution in [0.15, 0.2) is 0 Å². The average Bonchev–Trinajstić information content (AvgIpc) is 2.15. The van der Waals surface area contributed by atoms with Crippen molar-refractivity contribution in [2.24, 2.45) is 11.7 Å². The minimum absolute atomic E-state index is 0.476. The zero-order valence-corrected chi connectivity index (χ0v) is 10.2. The van der Waals surface area contributed by atoms with Crippen molar-refractivity contribution < 1.29 is 4.74 Å². The minimum atomic E-state index is 0.476. The zero-order chi connectivity index (χ0) is 11.1. The molecule has 1 saturated carbocycles. The molecule has 0 aliphatic heterocycles. The SMILES string of the molecule is CCCCOCCN(C)CC1CC(N)C1. The van der Waals surface area contributed by atoms with Crippen LogP contribution in [0.25, 0.3) is 0 Å². The lowest BCUT2D eigenvalue weighted by Gasteiger charge is -2.35. The van der Waals surface area contributed by atoms with Gasteiger partial charge in [-0.15, -0.1) is 0 Å². The van der Waals surface area contributed by atoms with E-state index in [-0.39, 0.29) is 0 Å². The number of ether oxygens (including phenoxy) is 1. The van der Waals surface area contributed by atoms with Crippen LogP contribution in [0.4, 0.5) is 0 Å². The van der Waals surface area contributed by atoms with Crippen molar-refractivity contribution in [1.29, 1.82) is 0 Å². The highest BCUT2D eigenvalue weighted by atomic mass is 16.5. The maximum Gasteiger partial charge on any atom is 0.0593 e. The molecule has 0 bridgehead atoms. The molecule has 0 aromatic rings. The maximum atomic E-state index is 5.76. The molecular weight excluding hydrogens is 188 g/mol. The van der Waals surface area contributed by atoms with Gasteiger partial charge in [-0.3, -0.25) is 0 Å². The first kappa shape index (κ1) is 12.9. The van der Waals surface area contributed by atoms with Gasteiger partial charge in [0.1, 0.15) is 0 Å². The monoisotopic (exact) mass is 214 g/mol. The number of hydrogen-bond donors (Lipinski definition) is 1. The van der Waals surface area contributed by atoms with Crippen LogP contribution in [-0.2, 0) is 4.74 Å². The smallest absolute Gasteiger partial charge is 0.0593 e. The first-order valence-electron chi connectivity index (χ1n) is 6.24. The van der Waals surface area contributed by atoms with Gasteiger partial charge in [-0.1, -0.05) is 13.3 Å². The van der Waals surface area contributed by atoms with Gasteiger partial charge in [0.15, 0.2) is 0 Å². The number of nitrogens with zero attached hydrogens (tertiary/aromatic N) is 1. The fourth-order valence-electron chi connectivity index (χ4n) is 2.04. The highest BCUT2D eigenvalue weighted by Crippen LogP contribution is 2.25. The highest BCUT2D eigenvalue weighted by Gasteiger charge is 2.26. The van der Waals surface area contributed by atoms with E-state index in [1.165, 1.54) is 32.2 Å². The Balaban J connectivity index is 1.87. The number of likely N-dealkylation sites (N-methyl/N-ethyl adjacent to an activating group) is 1. The van der Waals surface area contributed by atoms with Crippen LogP contribution in [0.2, 0.25) is 0 Å². The molecule has 0 aromatic carbocycles. The van der Waals surface area contributed by atoms with Gasteiger partial charge >= 0.3 is 0 Å². The molecule has 15 heavy (non-hydrogen) atoms. The average molecular weight is 214 g/mol. The quantitative estimate of drug-likeness (QED) is 0.622. The van der Waals surface area contributed by atoms with Gasteiger partial charge in [-0.05, 0) is 32.2 Å². The van der Waals surface area contributed by atoms with E-state index in [0.717, 1.165) is 25.7 Å². The van der Waals surface area contributed by atoms with E-state index in [1.807, 2.05) is 0 Å². The van der Waals surface area contributed by atoms with Crippen molar-refractivity contribution in [1.82, 2.24) is 4.90 Å². The standard InChI is InChI=1S/C12H26N2O/c1-3-4-6-15-7-5-14(2)10-11-8-12(13)9-11/h11-12H,3-10,13H2,1-2H3. The fraction of sp³-hybridized carbons (Fsp3) is 1.00. The second-order valence-corrected chi connectivity index (χ2v) is 4.83. The molecule has 0 heterocycles. The van der Waals surface area contributed by atoms with Crippen LogP contribution in [0, 0.1) is 5.92 Å². The molecule has 3 heteroatoms. The summed E-state index contributed by atoms with van der Waals surface area (Å²) in [7, 11) is 2.17. The Morgan fingerprint density at radius 3 is 2.67 bits per heavy atom. The minimum Gasteiger partial charge on any atom is -0.380 e. The third kappa shape index (κ3) is 5.50. The van der Waals surface area contributed by atoms with Crippen molar-refractivity contribution in [2.45, 2.75) is 38.6 Å². The van der Waals surface area contributed by atoms with Crippen molar-refractivity contribution in [3.05, 3.63) is 0 Å². The zero-order valence-electron chi connectivity index (χ0n) is 10.2. The lowest BCUT2D eigenvalue weighted by molar-refractivity contribution is 0.0956. The molecule has 2 N–H and O–H groups in total. The van der Waals surface area contributed by atoms with Gasteiger partial charge < -0.3 is 15.4 Å². The van der Waals surface area contributed by atoms with Gasteiger partial charge in [-0.2, -0.15) is 0 Å². The van der Waals surface area contributed by atoms with Crippen LogP contribution in [-0.4, -0.2) is 44.3 Å². The normalized spacial score (nSPS) is 25.6. The second-order valence-electron chi connectivity index (χ2n) is 4.83. The topological polar surface area (TPSA) is 38.5 Å². The molecule has 0 saturated heterocycles. The fourth-order valence-corrected chi connectivity index (χ4v) is 2.04. The maximum absolute atomic E-state index is 5.76. The number of nitrogens with two attached hydrogens (primary N) is 1. The number of rotatable bonds is 8. The van der Waals surface area contributed by atoms with Gasteiger partial charge in [0, 0.05) is 25.7 Å². The molecule has 0 spiro atoms. The summed E-state index contributed by atoms with van der Waals surface area (Å²) in [5, 5.41) is 0. The van der Waals surface area contributed by atoms with E-state index >= 15 is 0 Å². The summed E-state index contributed by atoms with van der Waals surface area (Å²) in [6.07, 6.45) is 4.82. The lowest BCUT2D eigenvalue weighted by atomic mass is 9.81. The van der Waals surface area contributed by atoms with E-state index in [9.17, 15) is 0 Å². The predicted octanol–water partition coefficient (Wildman–Crippen LogP) is 1.47. The van der Waals surface area contributed by atoms with Gasteiger partial charge in [0.2, 0.25) is 0 Å². The first-order chi connectivity index (χ1) is 7.22. The molecule has 1 aliphatic rings. The molecule has 0 radical (unpaired) electrons. The van der Waals surface area contributed by atoms with Crippen molar-refractivity contribution in [3.63, 3.8) is 0 Å². The number of unbranched alkanes of at least 4 members (excludes halogenated alkanes) is 1. The third-order valence-electron chi connectivity index (χ3n) is 3.10. The molecule has 0 amide bonds. The Morgan fingerprint density at radius 2 is 2.07 bits per heavy atom. The molecule has 3 nitrogen and oxygen atoms in total. The van der Waals surface area contributed by atoms with Gasteiger partial charge in [-0.25, -0.2) is 0 Å².